The number of hydrogen-bond donors (Lipinski definition) is 1. The summed E-state index contributed by atoms with van der Waals surface area (Å²) in [5.41, 5.74) is 1.90. The van der Waals surface area contributed by atoms with Crippen molar-refractivity contribution in [3.63, 3.8) is 0 Å². The largest absolute Gasteiger partial charge is 0.493 e. The van der Waals surface area contributed by atoms with Crippen molar-refractivity contribution < 1.29 is 14.3 Å². The Morgan fingerprint density at radius 3 is 2.62 bits per heavy atom. The quantitative estimate of drug-likeness (QED) is 0.782. The Balaban J connectivity index is 1.65. The van der Waals surface area contributed by atoms with Crippen molar-refractivity contribution in [1.82, 2.24) is 14.8 Å². The standard InChI is InChI=1S/C20H29N3O3/c1-3-25-19-8-5-4-7-17(19)20-21-18(16(2)26-20)15-23-12-10-22(11-13-23)9-6-14-24/h4-5,7-8,24H,3,6,9-15H2,1-2H3. The number of para-hydroxylation sites is 1. The first kappa shape index (κ1) is 18.9. The maximum Gasteiger partial charge on any atom is 0.230 e. The minimum atomic E-state index is 0.268. The molecule has 1 N–H and O–H groups in total. The second-order valence-electron chi connectivity index (χ2n) is 6.65. The van der Waals surface area contributed by atoms with Crippen LogP contribution in [-0.2, 0) is 6.54 Å². The van der Waals surface area contributed by atoms with Crippen molar-refractivity contribution in [2.24, 2.45) is 0 Å². The molecule has 3 rings (SSSR count). The van der Waals surface area contributed by atoms with E-state index in [1.54, 1.807) is 0 Å². The molecule has 1 aromatic heterocycles. The van der Waals surface area contributed by atoms with Gasteiger partial charge >= 0.3 is 0 Å². The average Bonchev–Trinajstić information content (AvgIpc) is 3.02. The van der Waals surface area contributed by atoms with Crippen LogP contribution in [0.3, 0.4) is 0 Å². The van der Waals surface area contributed by atoms with Crippen LogP contribution in [0.15, 0.2) is 28.7 Å². The van der Waals surface area contributed by atoms with Crippen molar-refractivity contribution in [2.45, 2.75) is 26.8 Å². The minimum absolute atomic E-state index is 0.268. The molecule has 26 heavy (non-hydrogen) atoms. The molecule has 1 aliphatic rings. The van der Waals surface area contributed by atoms with Crippen molar-refractivity contribution in [1.29, 1.82) is 0 Å². The summed E-state index contributed by atoms with van der Waals surface area (Å²) in [6, 6.07) is 7.87. The molecule has 0 bridgehead atoms. The fraction of sp³-hybridized carbons (Fsp3) is 0.550. The lowest BCUT2D eigenvalue weighted by molar-refractivity contribution is 0.118. The van der Waals surface area contributed by atoms with Gasteiger partial charge in [0, 0.05) is 45.9 Å². The van der Waals surface area contributed by atoms with Gasteiger partial charge in [0.1, 0.15) is 11.5 Å². The molecule has 0 atom stereocenters. The van der Waals surface area contributed by atoms with Gasteiger partial charge in [0.2, 0.25) is 5.89 Å². The molecule has 142 valence electrons. The lowest BCUT2D eigenvalue weighted by atomic mass is 10.2. The topological polar surface area (TPSA) is 62.0 Å². The number of benzene rings is 1. The Hall–Kier alpha value is -1.89. The number of aryl methyl sites for hydroxylation is 1. The molecule has 2 heterocycles. The van der Waals surface area contributed by atoms with E-state index < -0.39 is 0 Å². The fourth-order valence-electron chi connectivity index (χ4n) is 3.29. The average molecular weight is 359 g/mol. The molecule has 6 heteroatoms. The van der Waals surface area contributed by atoms with Crippen molar-refractivity contribution in [3.8, 4) is 17.2 Å². The number of piperazine rings is 1. The third-order valence-corrected chi connectivity index (χ3v) is 4.78. The van der Waals surface area contributed by atoms with E-state index in [9.17, 15) is 0 Å². The van der Waals surface area contributed by atoms with E-state index in [1.807, 2.05) is 38.1 Å². The van der Waals surface area contributed by atoms with E-state index in [4.69, 9.17) is 19.2 Å². The number of nitrogens with zero attached hydrogens (tertiary/aromatic N) is 3. The van der Waals surface area contributed by atoms with E-state index >= 15 is 0 Å². The highest BCUT2D eigenvalue weighted by atomic mass is 16.5. The Bertz CT molecular complexity index is 693. The van der Waals surface area contributed by atoms with Gasteiger partial charge in [0.15, 0.2) is 0 Å². The molecule has 0 spiro atoms. The SMILES string of the molecule is CCOc1ccccc1-c1nc(CN2CCN(CCCO)CC2)c(C)o1. The Labute approximate surface area is 155 Å². The van der Waals surface area contributed by atoms with Crippen molar-refractivity contribution >= 4 is 0 Å². The van der Waals surface area contributed by atoms with Crippen LogP contribution in [0.5, 0.6) is 5.75 Å². The van der Waals surface area contributed by atoms with E-state index in [0.29, 0.717) is 12.5 Å². The van der Waals surface area contributed by atoms with E-state index in [2.05, 4.69) is 9.80 Å². The number of aliphatic hydroxyl groups excluding tert-OH is 1. The van der Waals surface area contributed by atoms with Gasteiger partial charge in [-0.15, -0.1) is 0 Å². The van der Waals surface area contributed by atoms with E-state index in [1.165, 1.54) is 0 Å². The van der Waals surface area contributed by atoms with Crippen LogP contribution < -0.4 is 4.74 Å². The first-order chi connectivity index (χ1) is 12.7. The monoisotopic (exact) mass is 359 g/mol. The predicted molar refractivity (Wildman–Crippen MR) is 101 cm³/mol. The third kappa shape index (κ3) is 4.63. The Morgan fingerprint density at radius 2 is 1.88 bits per heavy atom. The van der Waals surface area contributed by atoms with E-state index in [-0.39, 0.29) is 6.61 Å². The zero-order valence-corrected chi connectivity index (χ0v) is 15.8. The number of ether oxygens (including phenoxy) is 1. The molecular weight excluding hydrogens is 330 g/mol. The second-order valence-corrected chi connectivity index (χ2v) is 6.65. The molecule has 6 nitrogen and oxygen atoms in total. The van der Waals surface area contributed by atoms with E-state index in [0.717, 1.165) is 68.5 Å². The molecular formula is C20H29N3O3. The van der Waals surface area contributed by atoms with Crippen LogP contribution in [0, 0.1) is 6.92 Å². The van der Waals surface area contributed by atoms with Crippen LogP contribution in [0.1, 0.15) is 24.8 Å². The van der Waals surface area contributed by atoms with Crippen molar-refractivity contribution in [2.75, 3.05) is 45.9 Å². The Morgan fingerprint density at radius 1 is 1.15 bits per heavy atom. The Kier molecular flexibility index (Phi) is 6.66. The second kappa shape index (κ2) is 9.16. The highest BCUT2D eigenvalue weighted by molar-refractivity contribution is 5.63. The summed E-state index contributed by atoms with van der Waals surface area (Å²) >= 11 is 0. The van der Waals surface area contributed by atoms with Gasteiger partial charge in [0.05, 0.1) is 17.9 Å². The van der Waals surface area contributed by atoms with Gasteiger partial charge in [-0.3, -0.25) is 4.90 Å². The van der Waals surface area contributed by atoms with Crippen LogP contribution in [0.4, 0.5) is 0 Å². The maximum absolute atomic E-state index is 8.96. The van der Waals surface area contributed by atoms with Gasteiger partial charge in [-0.2, -0.15) is 0 Å². The van der Waals surface area contributed by atoms with Gasteiger partial charge in [0.25, 0.3) is 0 Å². The number of rotatable bonds is 8. The summed E-state index contributed by atoms with van der Waals surface area (Å²) < 4.78 is 11.6. The molecule has 1 aromatic carbocycles. The molecule has 0 radical (unpaired) electrons. The summed E-state index contributed by atoms with van der Waals surface area (Å²) in [5.74, 6) is 2.30. The highest BCUT2D eigenvalue weighted by Gasteiger charge is 2.20. The zero-order valence-electron chi connectivity index (χ0n) is 15.8. The smallest absolute Gasteiger partial charge is 0.230 e. The molecule has 0 amide bonds. The summed E-state index contributed by atoms with van der Waals surface area (Å²) in [6.45, 7) is 10.7. The number of hydrogen-bond acceptors (Lipinski definition) is 6. The van der Waals surface area contributed by atoms with Crippen LogP contribution in [0.25, 0.3) is 11.5 Å². The third-order valence-electron chi connectivity index (χ3n) is 4.78. The maximum atomic E-state index is 8.96. The predicted octanol–water partition coefficient (Wildman–Crippen LogP) is 2.55. The minimum Gasteiger partial charge on any atom is -0.493 e. The summed E-state index contributed by atoms with van der Waals surface area (Å²) in [6.07, 6.45) is 0.852. The van der Waals surface area contributed by atoms with Gasteiger partial charge in [-0.1, -0.05) is 12.1 Å². The number of aliphatic hydroxyl groups is 1. The first-order valence-electron chi connectivity index (χ1n) is 9.45. The normalized spacial score (nSPS) is 16.1. The van der Waals surface area contributed by atoms with Crippen LogP contribution in [-0.4, -0.2) is 65.8 Å². The van der Waals surface area contributed by atoms with Gasteiger partial charge in [-0.05, 0) is 32.4 Å². The first-order valence-corrected chi connectivity index (χ1v) is 9.45. The molecule has 0 aliphatic carbocycles. The molecule has 0 unspecified atom stereocenters. The summed E-state index contributed by atoms with van der Waals surface area (Å²) in [5, 5.41) is 8.96. The summed E-state index contributed by atoms with van der Waals surface area (Å²) in [7, 11) is 0. The van der Waals surface area contributed by atoms with Crippen LogP contribution in [0.2, 0.25) is 0 Å². The number of aromatic nitrogens is 1. The van der Waals surface area contributed by atoms with Crippen LogP contribution >= 0.6 is 0 Å². The lowest BCUT2D eigenvalue weighted by Gasteiger charge is -2.34. The highest BCUT2D eigenvalue weighted by Crippen LogP contribution is 2.30. The van der Waals surface area contributed by atoms with Gasteiger partial charge in [-0.25, -0.2) is 4.98 Å². The van der Waals surface area contributed by atoms with Gasteiger partial charge < -0.3 is 19.2 Å². The lowest BCUT2D eigenvalue weighted by Crippen LogP contribution is -2.46. The number of oxazole rings is 1. The molecule has 1 fully saturated rings. The molecule has 1 aliphatic heterocycles. The summed E-state index contributed by atoms with van der Waals surface area (Å²) in [4.78, 5) is 9.57. The molecule has 0 saturated carbocycles. The fourth-order valence-corrected chi connectivity index (χ4v) is 3.29. The molecule has 1 saturated heterocycles. The van der Waals surface area contributed by atoms with Crippen molar-refractivity contribution in [3.05, 3.63) is 35.7 Å². The zero-order chi connectivity index (χ0) is 18.4. The molecule has 2 aromatic rings.